The Balaban J connectivity index is 2.11. The van der Waals surface area contributed by atoms with Gasteiger partial charge in [-0.15, -0.1) is 0 Å². The first-order chi connectivity index (χ1) is 11.6. The third-order valence-electron chi connectivity index (χ3n) is 4.56. The first-order valence-electron chi connectivity index (χ1n) is 8.87. The number of benzene rings is 1. The Bertz CT molecular complexity index is 680. The second-order valence-corrected chi connectivity index (χ2v) is 10.2. The molecule has 1 fully saturated rings. The van der Waals surface area contributed by atoms with Gasteiger partial charge in [-0.2, -0.15) is 0 Å². The fourth-order valence-corrected chi connectivity index (χ4v) is 4.21. The number of hydrogen-bond donors (Lipinski definition) is 1. The van der Waals surface area contributed by atoms with Crippen molar-refractivity contribution in [2.24, 2.45) is 11.3 Å². The summed E-state index contributed by atoms with van der Waals surface area (Å²) in [5.41, 5.74) is 1.15. The molecule has 5 nitrogen and oxygen atoms in total. The van der Waals surface area contributed by atoms with Crippen LogP contribution in [-0.2, 0) is 14.8 Å². The van der Waals surface area contributed by atoms with Gasteiger partial charge < -0.3 is 5.32 Å². The van der Waals surface area contributed by atoms with E-state index in [0.717, 1.165) is 24.8 Å². The maximum atomic E-state index is 12.8. The Morgan fingerprint density at radius 2 is 1.92 bits per heavy atom. The van der Waals surface area contributed by atoms with Crippen molar-refractivity contribution in [2.75, 3.05) is 19.3 Å². The third kappa shape index (κ3) is 6.12. The summed E-state index contributed by atoms with van der Waals surface area (Å²) >= 11 is 0. The highest BCUT2D eigenvalue weighted by atomic mass is 32.2. The number of carbonyl (C=O) groups excluding carboxylic acids is 1. The number of amides is 1. The number of nitrogens with one attached hydrogen (secondary N) is 1. The van der Waals surface area contributed by atoms with E-state index < -0.39 is 10.0 Å². The molecule has 2 unspecified atom stereocenters. The normalized spacial score (nSPS) is 20.9. The molecular formula is C19H30N2O3S. The Hall–Kier alpha value is -1.40. The monoisotopic (exact) mass is 366 g/mol. The molecular weight excluding hydrogens is 336 g/mol. The van der Waals surface area contributed by atoms with Gasteiger partial charge in [0.1, 0.15) is 0 Å². The van der Waals surface area contributed by atoms with Crippen LogP contribution in [0.2, 0.25) is 0 Å². The molecule has 0 aliphatic carbocycles. The van der Waals surface area contributed by atoms with Gasteiger partial charge in [0.15, 0.2) is 0 Å². The highest BCUT2D eigenvalue weighted by molar-refractivity contribution is 7.88. The van der Waals surface area contributed by atoms with Crippen molar-refractivity contribution in [3.63, 3.8) is 0 Å². The van der Waals surface area contributed by atoms with Crippen LogP contribution in [0.25, 0.3) is 0 Å². The maximum Gasteiger partial charge on any atom is 0.224 e. The Labute approximate surface area is 151 Å². The van der Waals surface area contributed by atoms with E-state index in [1.165, 1.54) is 10.6 Å². The van der Waals surface area contributed by atoms with Crippen LogP contribution < -0.4 is 5.32 Å². The zero-order chi connectivity index (χ0) is 18.7. The van der Waals surface area contributed by atoms with Gasteiger partial charge in [0.2, 0.25) is 15.9 Å². The van der Waals surface area contributed by atoms with Gasteiger partial charge in [0.05, 0.1) is 18.2 Å². The van der Waals surface area contributed by atoms with Crippen molar-refractivity contribution < 1.29 is 13.2 Å². The van der Waals surface area contributed by atoms with Crippen molar-refractivity contribution >= 4 is 15.9 Å². The zero-order valence-electron chi connectivity index (χ0n) is 15.7. The minimum atomic E-state index is -3.25. The number of carbonyl (C=O) groups is 1. The van der Waals surface area contributed by atoms with Crippen LogP contribution in [0.4, 0.5) is 0 Å². The SMILES string of the molecule is CC(C)(C)CC(NC(=O)C1CCCN(S(C)(=O)=O)C1)c1ccccc1. The van der Waals surface area contributed by atoms with Crippen molar-refractivity contribution in [1.29, 1.82) is 0 Å². The lowest BCUT2D eigenvalue weighted by Gasteiger charge is -2.33. The number of hydrogen-bond acceptors (Lipinski definition) is 3. The maximum absolute atomic E-state index is 12.8. The van der Waals surface area contributed by atoms with E-state index in [-0.39, 0.29) is 29.8 Å². The van der Waals surface area contributed by atoms with E-state index in [9.17, 15) is 13.2 Å². The van der Waals surface area contributed by atoms with Crippen LogP contribution in [0.3, 0.4) is 0 Å². The lowest BCUT2D eigenvalue weighted by atomic mass is 9.85. The summed E-state index contributed by atoms with van der Waals surface area (Å²) in [7, 11) is -3.25. The molecule has 1 saturated heterocycles. The van der Waals surface area contributed by atoms with Crippen molar-refractivity contribution in [2.45, 2.75) is 46.1 Å². The van der Waals surface area contributed by atoms with Gasteiger partial charge in [-0.25, -0.2) is 12.7 Å². The van der Waals surface area contributed by atoms with E-state index in [2.05, 4.69) is 26.1 Å². The van der Waals surface area contributed by atoms with Gasteiger partial charge in [-0.1, -0.05) is 51.1 Å². The molecule has 1 amide bonds. The van der Waals surface area contributed by atoms with Crippen molar-refractivity contribution in [3.8, 4) is 0 Å². The molecule has 140 valence electrons. The molecule has 1 aliphatic rings. The lowest BCUT2D eigenvalue weighted by Crippen LogP contribution is -2.46. The topological polar surface area (TPSA) is 66.5 Å². The average molecular weight is 367 g/mol. The molecule has 1 aromatic rings. The number of piperidine rings is 1. The van der Waals surface area contributed by atoms with E-state index >= 15 is 0 Å². The third-order valence-corrected chi connectivity index (χ3v) is 5.83. The van der Waals surface area contributed by atoms with Gasteiger partial charge in [0.25, 0.3) is 0 Å². The van der Waals surface area contributed by atoms with E-state index in [0.29, 0.717) is 6.54 Å². The molecule has 2 atom stereocenters. The van der Waals surface area contributed by atoms with Gasteiger partial charge in [0, 0.05) is 13.1 Å². The second kappa shape index (κ2) is 7.87. The Morgan fingerprint density at radius 3 is 2.48 bits per heavy atom. The first kappa shape index (κ1) is 19.9. The Kier molecular flexibility index (Phi) is 6.27. The fourth-order valence-electron chi connectivity index (χ4n) is 3.30. The minimum absolute atomic E-state index is 0.0496. The fraction of sp³-hybridized carbons (Fsp3) is 0.632. The molecule has 25 heavy (non-hydrogen) atoms. The molecule has 1 heterocycles. The summed E-state index contributed by atoms with van der Waals surface area (Å²) in [6, 6.07) is 9.90. The van der Waals surface area contributed by atoms with Crippen LogP contribution in [0, 0.1) is 11.3 Å². The molecule has 6 heteroatoms. The van der Waals surface area contributed by atoms with Gasteiger partial charge in [-0.3, -0.25) is 4.79 Å². The molecule has 1 aromatic carbocycles. The molecule has 0 aromatic heterocycles. The highest BCUT2D eigenvalue weighted by Crippen LogP contribution is 2.30. The number of sulfonamides is 1. The van der Waals surface area contributed by atoms with E-state index in [1.807, 2.05) is 30.3 Å². The number of nitrogens with zero attached hydrogens (tertiary/aromatic N) is 1. The highest BCUT2D eigenvalue weighted by Gasteiger charge is 2.32. The van der Waals surface area contributed by atoms with Crippen LogP contribution in [-0.4, -0.2) is 38.0 Å². The second-order valence-electron chi connectivity index (χ2n) is 8.20. The zero-order valence-corrected chi connectivity index (χ0v) is 16.5. The van der Waals surface area contributed by atoms with Crippen molar-refractivity contribution in [1.82, 2.24) is 9.62 Å². The molecule has 0 bridgehead atoms. The first-order valence-corrected chi connectivity index (χ1v) is 10.7. The standard InChI is InChI=1S/C19H30N2O3S/c1-19(2,3)13-17(15-9-6-5-7-10-15)20-18(22)16-11-8-12-21(14-16)25(4,23)24/h5-7,9-10,16-17H,8,11-14H2,1-4H3,(H,20,22). The van der Waals surface area contributed by atoms with E-state index in [1.54, 1.807) is 0 Å². The summed E-state index contributed by atoms with van der Waals surface area (Å²) in [4.78, 5) is 12.8. The van der Waals surface area contributed by atoms with Gasteiger partial charge in [-0.05, 0) is 30.2 Å². The lowest BCUT2D eigenvalue weighted by molar-refractivity contribution is -0.127. The molecule has 0 saturated carbocycles. The van der Waals surface area contributed by atoms with Crippen LogP contribution in [0.15, 0.2) is 30.3 Å². The molecule has 2 rings (SSSR count). The van der Waals surface area contributed by atoms with Crippen molar-refractivity contribution in [3.05, 3.63) is 35.9 Å². The van der Waals surface area contributed by atoms with E-state index in [4.69, 9.17) is 0 Å². The Morgan fingerprint density at radius 1 is 1.28 bits per heavy atom. The molecule has 1 aliphatic heterocycles. The average Bonchev–Trinajstić information content (AvgIpc) is 2.53. The molecule has 1 N–H and O–H groups in total. The summed E-state index contributed by atoms with van der Waals surface area (Å²) in [5.74, 6) is -0.332. The summed E-state index contributed by atoms with van der Waals surface area (Å²) < 4.78 is 25.0. The van der Waals surface area contributed by atoms with Crippen LogP contribution in [0.1, 0.15) is 51.6 Å². The number of rotatable bonds is 5. The largest absolute Gasteiger partial charge is 0.349 e. The minimum Gasteiger partial charge on any atom is -0.349 e. The summed E-state index contributed by atoms with van der Waals surface area (Å²) in [6.07, 6.45) is 3.49. The summed E-state index contributed by atoms with van der Waals surface area (Å²) in [5, 5.41) is 3.17. The smallest absolute Gasteiger partial charge is 0.224 e. The van der Waals surface area contributed by atoms with Gasteiger partial charge >= 0.3 is 0 Å². The quantitative estimate of drug-likeness (QED) is 0.871. The molecule has 0 radical (unpaired) electrons. The summed E-state index contributed by atoms with van der Waals surface area (Å²) in [6.45, 7) is 7.25. The predicted octanol–water partition coefficient (Wildman–Crippen LogP) is 2.95. The predicted molar refractivity (Wildman–Crippen MR) is 101 cm³/mol. The van der Waals surface area contributed by atoms with Crippen LogP contribution in [0.5, 0.6) is 0 Å². The molecule has 0 spiro atoms. The van der Waals surface area contributed by atoms with Crippen LogP contribution >= 0.6 is 0 Å².